The summed E-state index contributed by atoms with van der Waals surface area (Å²) in [5.74, 6) is 0.273. The van der Waals surface area contributed by atoms with Crippen LogP contribution < -0.4 is 0 Å². The molecule has 0 unspecified atom stereocenters. The van der Waals surface area contributed by atoms with Gasteiger partial charge in [-0.3, -0.25) is 4.98 Å². The maximum absolute atomic E-state index is 9.97. The van der Waals surface area contributed by atoms with Gasteiger partial charge in [-0.05, 0) is 23.3 Å². The average Bonchev–Trinajstić information content (AvgIpc) is 2.39. The van der Waals surface area contributed by atoms with E-state index in [0.29, 0.717) is 0 Å². The number of aromatic hydroxyl groups is 1. The summed E-state index contributed by atoms with van der Waals surface area (Å²) in [6, 6.07) is 17.5. The first kappa shape index (κ1) is 9.85. The number of rotatable bonds is 1. The lowest BCUT2D eigenvalue weighted by Crippen LogP contribution is -1.84. The number of benzene rings is 2. The minimum Gasteiger partial charge on any atom is -0.507 e. The standard InChI is InChI=1S/C15H11NO/c17-14-9-10-16-13-8-4-7-12(15(13)14)11-5-2-1-3-6-11/h1-10H,(H,16,17). The third-order valence-electron chi connectivity index (χ3n) is 2.83. The van der Waals surface area contributed by atoms with Crippen molar-refractivity contribution >= 4 is 10.9 Å². The van der Waals surface area contributed by atoms with E-state index in [-0.39, 0.29) is 5.75 Å². The average molecular weight is 221 g/mol. The van der Waals surface area contributed by atoms with Crippen molar-refractivity contribution in [2.75, 3.05) is 0 Å². The zero-order chi connectivity index (χ0) is 11.7. The van der Waals surface area contributed by atoms with Crippen LogP contribution in [-0.4, -0.2) is 10.1 Å². The second-order valence-electron chi connectivity index (χ2n) is 3.90. The van der Waals surface area contributed by atoms with Crippen LogP contribution >= 0.6 is 0 Å². The highest BCUT2D eigenvalue weighted by atomic mass is 16.3. The number of hydrogen-bond acceptors (Lipinski definition) is 2. The molecule has 0 saturated heterocycles. The molecular weight excluding hydrogens is 210 g/mol. The van der Waals surface area contributed by atoms with Crippen molar-refractivity contribution in [2.24, 2.45) is 0 Å². The molecule has 3 rings (SSSR count). The monoisotopic (exact) mass is 221 g/mol. The van der Waals surface area contributed by atoms with Crippen LogP contribution in [0.4, 0.5) is 0 Å². The third-order valence-corrected chi connectivity index (χ3v) is 2.83. The van der Waals surface area contributed by atoms with Crippen molar-refractivity contribution in [3.05, 3.63) is 60.8 Å². The molecule has 82 valence electrons. The van der Waals surface area contributed by atoms with E-state index < -0.39 is 0 Å². The van der Waals surface area contributed by atoms with Crippen LogP contribution in [0.5, 0.6) is 5.75 Å². The Morgan fingerprint density at radius 2 is 1.65 bits per heavy atom. The van der Waals surface area contributed by atoms with E-state index in [9.17, 15) is 5.11 Å². The molecule has 0 amide bonds. The lowest BCUT2D eigenvalue weighted by Gasteiger charge is -2.07. The van der Waals surface area contributed by atoms with Gasteiger partial charge in [-0.1, -0.05) is 42.5 Å². The zero-order valence-electron chi connectivity index (χ0n) is 9.17. The van der Waals surface area contributed by atoms with Gasteiger partial charge in [0.05, 0.1) is 5.52 Å². The van der Waals surface area contributed by atoms with Gasteiger partial charge in [0.25, 0.3) is 0 Å². The molecule has 3 aromatic rings. The molecule has 17 heavy (non-hydrogen) atoms. The summed E-state index contributed by atoms with van der Waals surface area (Å²) in [5.41, 5.74) is 2.90. The molecule has 0 saturated carbocycles. The molecule has 0 aliphatic rings. The molecule has 0 fully saturated rings. The third kappa shape index (κ3) is 1.64. The van der Waals surface area contributed by atoms with Gasteiger partial charge in [0.2, 0.25) is 0 Å². The Kier molecular flexibility index (Phi) is 2.26. The Labute approximate surface area is 99.2 Å². The van der Waals surface area contributed by atoms with Crippen LogP contribution in [0.1, 0.15) is 0 Å². The number of hydrogen-bond donors (Lipinski definition) is 1. The molecule has 0 spiro atoms. The Hall–Kier alpha value is -2.35. The fourth-order valence-corrected chi connectivity index (χ4v) is 2.05. The summed E-state index contributed by atoms with van der Waals surface area (Å²) in [5, 5.41) is 10.8. The predicted molar refractivity (Wildman–Crippen MR) is 68.8 cm³/mol. The van der Waals surface area contributed by atoms with E-state index in [4.69, 9.17) is 0 Å². The summed E-state index contributed by atoms with van der Waals surface area (Å²) in [4.78, 5) is 4.27. The highest BCUT2D eigenvalue weighted by molar-refractivity contribution is 5.98. The normalized spacial score (nSPS) is 10.6. The van der Waals surface area contributed by atoms with E-state index in [1.807, 2.05) is 48.5 Å². The van der Waals surface area contributed by atoms with E-state index in [1.54, 1.807) is 12.3 Å². The lowest BCUT2D eigenvalue weighted by molar-refractivity contribution is 0.481. The number of pyridine rings is 1. The van der Waals surface area contributed by atoms with Crippen LogP contribution in [0.15, 0.2) is 60.8 Å². The molecule has 1 heterocycles. The van der Waals surface area contributed by atoms with Gasteiger partial charge in [-0.15, -0.1) is 0 Å². The molecule has 1 N–H and O–H groups in total. The molecule has 2 nitrogen and oxygen atoms in total. The van der Waals surface area contributed by atoms with Gasteiger partial charge in [0.15, 0.2) is 0 Å². The van der Waals surface area contributed by atoms with Gasteiger partial charge in [0.1, 0.15) is 5.75 Å². The molecule has 0 radical (unpaired) electrons. The highest BCUT2D eigenvalue weighted by Gasteiger charge is 2.07. The smallest absolute Gasteiger partial charge is 0.127 e. The van der Waals surface area contributed by atoms with Crippen molar-refractivity contribution < 1.29 is 5.11 Å². The molecule has 2 heteroatoms. The van der Waals surface area contributed by atoms with E-state index in [1.165, 1.54) is 0 Å². The highest BCUT2D eigenvalue weighted by Crippen LogP contribution is 2.33. The molecule has 0 atom stereocenters. The van der Waals surface area contributed by atoms with Gasteiger partial charge >= 0.3 is 0 Å². The van der Waals surface area contributed by atoms with E-state index in [0.717, 1.165) is 22.0 Å². The van der Waals surface area contributed by atoms with Gasteiger partial charge < -0.3 is 5.11 Å². The minimum absolute atomic E-state index is 0.273. The first-order chi connectivity index (χ1) is 8.36. The van der Waals surface area contributed by atoms with Gasteiger partial charge in [-0.2, -0.15) is 0 Å². The van der Waals surface area contributed by atoms with Crippen molar-refractivity contribution in [1.29, 1.82) is 0 Å². The Morgan fingerprint density at radius 3 is 2.47 bits per heavy atom. The molecule has 0 aliphatic heterocycles. The van der Waals surface area contributed by atoms with Crippen molar-refractivity contribution in [3.63, 3.8) is 0 Å². The van der Waals surface area contributed by atoms with Crippen LogP contribution in [0.2, 0.25) is 0 Å². The maximum atomic E-state index is 9.97. The maximum Gasteiger partial charge on any atom is 0.127 e. The van der Waals surface area contributed by atoms with Gasteiger partial charge in [-0.25, -0.2) is 0 Å². The lowest BCUT2D eigenvalue weighted by atomic mass is 10.0. The fraction of sp³-hybridized carbons (Fsp3) is 0. The Morgan fingerprint density at radius 1 is 0.824 bits per heavy atom. The quantitative estimate of drug-likeness (QED) is 0.681. The van der Waals surface area contributed by atoms with Crippen molar-refractivity contribution in [3.8, 4) is 16.9 Å². The summed E-state index contributed by atoms with van der Waals surface area (Å²) in [6.45, 7) is 0. The van der Waals surface area contributed by atoms with E-state index in [2.05, 4.69) is 4.98 Å². The predicted octanol–water partition coefficient (Wildman–Crippen LogP) is 3.61. The van der Waals surface area contributed by atoms with Crippen LogP contribution in [-0.2, 0) is 0 Å². The second kappa shape index (κ2) is 3.91. The number of fused-ring (bicyclic) bond motifs is 1. The SMILES string of the molecule is Oc1ccnc2cccc(-c3ccccc3)c12. The number of nitrogens with zero attached hydrogens (tertiary/aromatic N) is 1. The topological polar surface area (TPSA) is 33.1 Å². The Balaban J connectivity index is 2.38. The molecule has 2 aromatic carbocycles. The largest absolute Gasteiger partial charge is 0.507 e. The molecular formula is C15H11NO. The minimum atomic E-state index is 0.273. The van der Waals surface area contributed by atoms with Crippen LogP contribution in [0.3, 0.4) is 0 Å². The van der Waals surface area contributed by atoms with E-state index >= 15 is 0 Å². The first-order valence-electron chi connectivity index (χ1n) is 5.48. The zero-order valence-corrected chi connectivity index (χ0v) is 9.17. The van der Waals surface area contributed by atoms with Crippen LogP contribution in [0.25, 0.3) is 22.0 Å². The van der Waals surface area contributed by atoms with Crippen LogP contribution in [0, 0.1) is 0 Å². The van der Waals surface area contributed by atoms with Gasteiger partial charge in [0, 0.05) is 11.6 Å². The molecule has 1 aromatic heterocycles. The van der Waals surface area contributed by atoms with Crippen molar-refractivity contribution in [1.82, 2.24) is 4.98 Å². The summed E-state index contributed by atoms with van der Waals surface area (Å²) >= 11 is 0. The summed E-state index contributed by atoms with van der Waals surface area (Å²) < 4.78 is 0. The summed E-state index contributed by atoms with van der Waals surface area (Å²) in [6.07, 6.45) is 1.62. The molecule has 0 bridgehead atoms. The Bertz CT molecular complexity index is 657. The second-order valence-corrected chi connectivity index (χ2v) is 3.90. The summed E-state index contributed by atoms with van der Waals surface area (Å²) in [7, 11) is 0. The van der Waals surface area contributed by atoms with Crippen molar-refractivity contribution in [2.45, 2.75) is 0 Å². The fourth-order valence-electron chi connectivity index (χ4n) is 2.05. The first-order valence-corrected chi connectivity index (χ1v) is 5.48. The molecule has 0 aliphatic carbocycles. The number of aromatic nitrogens is 1.